The Balaban J connectivity index is 2.41. The molecule has 0 saturated heterocycles. The van der Waals surface area contributed by atoms with E-state index >= 15 is 0 Å². The van der Waals surface area contributed by atoms with Crippen LogP contribution >= 0.6 is 0 Å². The minimum absolute atomic E-state index is 0.200. The fourth-order valence-corrected chi connectivity index (χ4v) is 1.97. The van der Waals surface area contributed by atoms with Gasteiger partial charge in [0.05, 0.1) is 0 Å². The SMILES string of the molecule is Cc1cc(C(O)c2ccccc2)cc(C)c1F. The average molecular weight is 230 g/mol. The summed E-state index contributed by atoms with van der Waals surface area (Å²) in [4.78, 5) is 0. The van der Waals surface area contributed by atoms with Gasteiger partial charge in [-0.1, -0.05) is 42.5 Å². The van der Waals surface area contributed by atoms with Crippen LogP contribution < -0.4 is 0 Å². The van der Waals surface area contributed by atoms with Crippen molar-refractivity contribution in [1.82, 2.24) is 0 Å². The molecule has 0 spiro atoms. The smallest absolute Gasteiger partial charge is 0.129 e. The van der Waals surface area contributed by atoms with E-state index in [4.69, 9.17) is 0 Å². The minimum atomic E-state index is -0.700. The van der Waals surface area contributed by atoms with Crippen molar-refractivity contribution < 1.29 is 9.50 Å². The van der Waals surface area contributed by atoms with Gasteiger partial charge < -0.3 is 5.11 Å². The number of aliphatic hydroxyl groups is 1. The van der Waals surface area contributed by atoms with Gasteiger partial charge in [-0.3, -0.25) is 0 Å². The van der Waals surface area contributed by atoms with Crippen molar-refractivity contribution in [3.05, 3.63) is 70.5 Å². The van der Waals surface area contributed by atoms with Gasteiger partial charge >= 0.3 is 0 Å². The lowest BCUT2D eigenvalue weighted by molar-refractivity contribution is 0.220. The Morgan fingerprint density at radius 2 is 1.47 bits per heavy atom. The molecule has 17 heavy (non-hydrogen) atoms. The van der Waals surface area contributed by atoms with Gasteiger partial charge in [-0.25, -0.2) is 4.39 Å². The third-order valence-corrected chi connectivity index (χ3v) is 2.89. The van der Waals surface area contributed by atoms with Crippen LogP contribution in [-0.4, -0.2) is 5.11 Å². The number of halogens is 1. The maximum atomic E-state index is 13.5. The van der Waals surface area contributed by atoms with Gasteiger partial charge in [0.25, 0.3) is 0 Å². The molecule has 88 valence electrons. The zero-order chi connectivity index (χ0) is 12.4. The number of aliphatic hydroxyl groups excluding tert-OH is 1. The molecular weight excluding hydrogens is 215 g/mol. The van der Waals surface area contributed by atoms with Crippen LogP contribution in [0.15, 0.2) is 42.5 Å². The molecule has 2 aromatic carbocycles. The summed E-state index contributed by atoms with van der Waals surface area (Å²) in [5, 5.41) is 10.2. The Morgan fingerprint density at radius 3 is 2.00 bits per heavy atom. The summed E-state index contributed by atoms with van der Waals surface area (Å²) in [7, 11) is 0. The zero-order valence-electron chi connectivity index (χ0n) is 9.94. The predicted octanol–water partition coefficient (Wildman–Crippen LogP) is 3.52. The van der Waals surface area contributed by atoms with E-state index in [1.54, 1.807) is 26.0 Å². The monoisotopic (exact) mass is 230 g/mol. The van der Waals surface area contributed by atoms with Crippen LogP contribution in [0.2, 0.25) is 0 Å². The lowest BCUT2D eigenvalue weighted by Crippen LogP contribution is -2.02. The first kappa shape index (κ1) is 11.8. The lowest BCUT2D eigenvalue weighted by atomic mass is 9.98. The second kappa shape index (κ2) is 4.68. The molecule has 2 heteroatoms. The number of hydrogen-bond donors (Lipinski definition) is 1. The third kappa shape index (κ3) is 2.37. The number of aryl methyl sites for hydroxylation is 2. The van der Waals surface area contributed by atoms with E-state index in [1.807, 2.05) is 30.3 Å². The molecule has 0 fully saturated rings. The van der Waals surface area contributed by atoms with E-state index in [1.165, 1.54) is 0 Å². The Bertz CT molecular complexity index is 497. The Hall–Kier alpha value is -1.67. The normalized spacial score (nSPS) is 12.5. The molecular formula is C15H15FO. The van der Waals surface area contributed by atoms with Gasteiger partial charge in [-0.15, -0.1) is 0 Å². The van der Waals surface area contributed by atoms with Crippen LogP contribution in [0.4, 0.5) is 4.39 Å². The predicted molar refractivity (Wildman–Crippen MR) is 66.4 cm³/mol. The van der Waals surface area contributed by atoms with Crippen LogP contribution in [-0.2, 0) is 0 Å². The first-order valence-electron chi connectivity index (χ1n) is 5.59. The molecule has 0 saturated carbocycles. The molecule has 0 heterocycles. The second-order valence-corrected chi connectivity index (χ2v) is 4.28. The largest absolute Gasteiger partial charge is 0.384 e. The van der Waals surface area contributed by atoms with Crippen LogP contribution in [0.25, 0.3) is 0 Å². The highest BCUT2D eigenvalue weighted by molar-refractivity contribution is 5.36. The first-order valence-corrected chi connectivity index (χ1v) is 5.59. The topological polar surface area (TPSA) is 20.2 Å². The summed E-state index contributed by atoms with van der Waals surface area (Å²) in [6, 6.07) is 12.8. The Labute approximate surface area is 101 Å². The summed E-state index contributed by atoms with van der Waals surface area (Å²) in [5.74, 6) is -0.200. The highest BCUT2D eigenvalue weighted by Crippen LogP contribution is 2.25. The van der Waals surface area contributed by atoms with Crippen molar-refractivity contribution in [3.63, 3.8) is 0 Å². The van der Waals surface area contributed by atoms with Gasteiger partial charge in [0, 0.05) is 0 Å². The molecule has 1 atom stereocenters. The molecule has 2 aromatic rings. The fraction of sp³-hybridized carbons (Fsp3) is 0.200. The zero-order valence-corrected chi connectivity index (χ0v) is 9.94. The quantitative estimate of drug-likeness (QED) is 0.836. The van der Waals surface area contributed by atoms with E-state index in [-0.39, 0.29) is 5.82 Å². The van der Waals surface area contributed by atoms with Crippen molar-refractivity contribution in [1.29, 1.82) is 0 Å². The summed E-state index contributed by atoms with van der Waals surface area (Å²) in [6.07, 6.45) is -0.700. The maximum Gasteiger partial charge on any atom is 0.129 e. The van der Waals surface area contributed by atoms with Crippen molar-refractivity contribution in [2.75, 3.05) is 0 Å². The summed E-state index contributed by atoms with van der Waals surface area (Å²) >= 11 is 0. The average Bonchev–Trinajstić information content (AvgIpc) is 2.35. The highest BCUT2D eigenvalue weighted by Gasteiger charge is 2.13. The van der Waals surface area contributed by atoms with E-state index in [0.717, 1.165) is 11.1 Å². The Morgan fingerprint density at radius 1 is 0.941 bits per heavy atom. The third-order valence-electron chi connectivity index (χ3n) is 2.89. The van der Waals surface area contributed by atoms with Crippen LogP contribution in [0.1, 0.15) is 28.4 Å². The van der Waals surface area contributed by atoms with Gasteiger partial charge in [-0.05, 0) is 36.1 Å². The molecule has 0 bridgehead atoms. The molecule has 2 rings (SSSR count). The lowest BCUT2D eigenvalue weighted by Gasteiger charge is -2.13. The molecule has 1 nitrogen and oxygen atoms in total. The molecule has 0 aliphatic rings. The highest BCUT2D eigenvalue weighted by atomic mass is 19.1. The number of hydrogen-bond acceptors (Lipinski definition) is 1. The van der Waals surface area contributed by atoms with E-state index < -0.39 is 6.10 Å². The second-order valence-electron chi connectivity index (χ2n) is 4.28. The molecule has 0 aromatic heterocycles. The van der Waals surface area contributed by atoms with Gasteiger partial charge in [0.15, 0.2) is 0 Å². The molecule has 0 aliphatic heterocycles. The van der Waals surface area contributed by atoms with Crippen molar-refractivity contribution >= 4 is 0 Å². The molecule has 0 amide bonds. The summed E-state index contributed by atoms with van der Waals surface area (Å²) in [6.45, 7) is 3.42. The minimum Gasteiger partial charge on any atom is -0.384 e. The van der Waals surface area contributed by atoms with E-state index in [2.05, 4.69) is 0 Å². The summed E-state index contributed by atoms with van der Waals surface area (Å²) < 4.78 is 13.5. The molecule has 0 radical (unpaired) electrons. The first-order chi connectivity index (χ1) is 8.09. The van der Waals surface area contributed by atoms with Gasteiger partial charge in [-0.2, -0.15) is 0 Å². The van der Waals surface area contributed by atoms with Gasteiger partial charge in [0.1, 0.15) is 11.9 Å². The fourth-order valence-electron chi connectivity index (χ4n) is 1.97. The standard InChI is InChI=1S/C15H15FO/c1-10-8-13(9-11(2)14(10)16)15(17)12-6-4-3-5-7-12/h3-9,15,17H,1-2H3. The summed E-state index contributed by atoms with van der Waals surface area (Å²) in [5.41, 5.74) is 2.68. The molecule has 1 N–H and O–H groups in total. The van der Waals surface area contributed by atoms with E-state index in [0.29, 0.717) is 11.1 Å². The van der Waals surface area contributed by atoms with Crippen molar-refractivity contribution in [3.8, 4) is 0 Å². The number of benzene rings is 2. The van der Waals surface area contributed by atoms with E-state index in [9.17, 15) is 9.50 Å². The molecule has 1 unspecified atom stereocenters. The van der Waals surface area contributed by atoms with Crippen molar-refractivity contribution in [2.45, 2.75) is 20.0 Å². The van der Waals surface area contributed by atoms with Crippen LogP contribution in [0.5, 0.6) is 0 Å². The molecule has 0 aliphatic carbocycles. The maximum absolute atomic E-state index is 13.5. The van der Waals surface area contributed by atoms with Crippen LogP contribution in [0, 0.1) is 19.7 Å². The van der Waals surface area contributed by atoms with Crippen molar-refractivity contribution in [2.24, 2.45) is 0 Å². The van der Waals surface area contributed by atoms with Crippen LogP contribution in [0.3, 0.4) is 0 Å². The Kier molecular flexibility index (Phi) is 3.25. The van der Waals surface area contributed by atoms with Gasteiger partial charge in [0.2, 0.25) is 0 Å². The number of rotatable bonds is 2.